The predicted molar refractivity (Wildman–Crippen MR) is 108 cm³/mol. The number of nitrogens with one attached hydrogen (secondary N) is 1. The highest BCUT2D eigenvalue weighted by Crippen LogP contribution is 2.30. The maximum atomic E-state index is 9.31. The highest BCUT2D eigenvalue weighted by atomic mass is 16.5. The van der Waals surface area contributed by atoms with E-state index >= 15 is 0 Å². The molecular weight excluding hydrogens is 326 g/mol. The third kappa shape index (κ3) is 5.77. The molecule has 2 rings (SSSR count). The van der Waals surface area contributed by atoms with E-state index in [2.05, 4.69) is 24.2 Å². The second-order valence-corrected chi connectivity index (χ2v) is 6.45. The van der Waals surface area contributed by atoms with Crippen LogP contribution in [0.2, 0.25) is 0 Å². The first-order valence-electron chi connectivity index (χ1n) is 9.11. The molecule has 0 atom stereocenters. The molecule has 0 unspecified atom stereocenters. The van der Waals surface area contributed by atoms with Crippen molar-refractivity contribution in [1.29, 1.82) is 0 Å². The summed E-state index contributed by atoms with van der Waals surface area (Å²) in [5.41, 5.74) is 6.88. The summed E-state index contributed by atoms with van der Waals surface area (Å²) in [5.74, 6) is 1.88. The largest absolute Gasteiger partial charge is 0.457 e. The molecule has 2 aromatic carbocycles. The fourth-order valence-corrected chi connectivity index (χ4v) is 2.85. The van der Waals surface area contributed by atoms with Crippen LogP contribution in [-0.4, -0.2) is 24.2 Å². The van der Waals surface area contributed by atoms with Crippen LogP contribution in [0.1, 0.15) is 33.1 Å². The zero-order chi connectivity index (χ0) is 18.8. The molecule has 5 nitrogen and oxygen atoms in total. The standard InChI is InChI=1S/C21H29N3O2/c1-3-21(4-2,13-14-25)16-23-20(22)24-17-9-8-12-19(15-17)26-18-10-6-5-7-11-18/h5-12,15,25H,3-4,13-14,16H2,1-2H3,(H3,22,23,24). The smallest absolute Gasteiger partial charge is 0.193 e. The van der Waals surface area contributed by atoms with E-state index in [1.807, 2.05) is 54.6 Å². The Morgan fingerprint density at radius 2 is 1.77 bits per heavy atom. The van der Waals surface area contributed by atoms with Gasteiger partial charge < -0.3 is 20.9 Å². The molecule has 0 aromatic heterocycles. The second-order valence-electron chi connectivity index (χ2n) is 6.45. The molecule has 0 amide bonds. The fourth-order valence-electron chi connectivity index (χ4n) is 2.85. The number of para-hydroxylation sites is 1. The van der Waals surface area contributed by atoms with Gasteiger partial charge in [-0.1, -0.05) is 38.1 Å². The Morgan fingerprint density at radius 1 is 1.08 bits per heavy atom. The number of ether oxygens (including phenoxy) is 1. The van der Waals surface area contributed by atoms with Crippen LogP contribution in [0.5, 0.6) is 11.5 Å². The van der Waals surface area contributed by atoms with Crippen LogP contribution in [0.3, 0.4) is 0 Å². The molecule has 0 radical (unpaired) electrons. The van der Waals surface area contributed by atoms with Crippen LogP contribution in [0.25, 0.3) is 0 Å². The number of guanidine groups is 1. The van der Waals surface area contributed by atoms with Gasteiger partial charge in [0.25, 0.3) is 0 Å². The van der Waals surface area contributed by atoms with E-state index in [0.29, 0.717) is 12.5 Å². The number of hydrogen-bond donors (Lipinski definition) is 3. The lowest BCUT2D eigenvalue weighted by molar-refractivity contribution is 0.175. The topological polar surface area (TPSA) is 79.9 Å². The summed E-state index contributed by atoms with van der Waals surface area (Å²) < 4.78 is 5.83. The summed E-state index contributed by atoms with van der Waals surface area (Å²) in [6.07, 6.45) is 2.65. The number of anilines is 1. The van der Waals surface area contributed by atoms with E-state index in [1.165, 1.54) is 0 Å². The van der Waals surface area contributed by atoms with Gasteiger partial charge in [-0.15, -0.1) is 0 Å². The first-order chi connectivity index (χ1) is 12.6. The highest BCUT2D eigenvalue weighted by Gasteiger charge is 2.25. The number of aliphatic hydroxyl groups is 1. The summed E-state index contributed by atoms with van der Waals surface area (Å²) >= 11 is 0. The molecule has 0 saturated carbocycles. The average molecular weight is 355 g/mol. The minimum atomic E-state index is -0.000676. The molecule has 0 aliphatic carbocycles. The molecule has 0 aliphatic rings. The Morgan fingerprint density at radius 3 is 2.42 bits per heavy atom. The predicted octanol–water partition coefficient (Wildman–Crippen LogP) is 4.39. The summed E-state index contributed by atoms with van der Waals surface area (Å²) in [6.45, 7) is 5.02. The van der Waals surface area contributed by atoms with Gasteiger partial charge in [0.05, 0.1) is 0 Å². The zero-order valence-electron chi connectivity index (χ0n) is 15.6. The van der Waals surface area contributed by atoms with Crippen LogP contribution in [0.4, 0.5) is 5.69 Å². The minimum absolute atomic E-state index is 0.000676. The van der Waals surface area contributed by atoms with Crippen molar-refractivity contribution in [2.45, 2.75) is 33.1 Å². The van der Waals surface area contributed by atoms with E-state index in [0.717, 1.165) is 36.4 Å². The van der Waals surface area contributed by atoms with Gasteiger partial charge in [-0.05, 0) is 48.9 Å². The number of rotatable bonds is 9. The van der Waals surface area contributed by atoms with Gasteiger partial charge in [-0.25, -0.2) is 0 Å². The molecule has 0 aliphatic heterocycles. The zero-order valence-corrected chi connectivity index (χ0v) is 15.6. The highest BCUT2D eigenvalue weighted by molar-refractivity contribution is 5.92. The first-order valence-corrected chi connectivity index (χ1v) is 9.11. The number of aliphatic hydroxyl groups excluding tert-OH is 1. The van der Waals surface area contributed by atoms with Crippen molar-refractivity contribution in [3.63, 3.8) is 0 Å². The van der Waals surface area contributed by atoms with Gasteiger partial charge in [0, 0.05) is 24.9 Å². The van der Waals surface area contributed by atoms with E-state index in [4.69, 9.17) is 10.5 Å². The van der Waals surface area contributed by atoms with Crippen LogP contribution in [0, 0.1) is 5.41 Å². The first kappa shape index (κ1) is 19.8. The number of hydrogen-bond acceptors (Lipinski definition) is 3. The Hall–Kier alpha value is -2.53. The maximum Gasteiger partial charge on any atom is 0.193 e. The van der Waals surface area contributed by atoms with Gasteiger partial charge in [0.1, 0.15) is 11.5 Å². The molecule has 0 bridgehead atoms. The van der Waals surface area contributed by atoms with Crippen molar-refractivity contribution in [3.8, 4) is 11.5 Å². The van der Waals surface area contributed by atoms with Gasteiger partial charge >= 0.3 is 0 Å². The molecule has 4 N–H and O–H groups in total. The van der Waals surface area contributed by atoms with Crippen molar-refractivity contribution in [2.75, 3.05) is 18.5 Å². The van der Waals surface area contributed by atoms with Crippen molar-refractivity contribution in [2.24, 2.45) is 16.1 Å². The van der Waals surface area contributed by atoms with Gasteiger partial charge in [-0.2, -0.15) is 0 Å². The average Bonchev–Trinajstić information content (AvgIpc) is 2.66. The van der Waals surface area contributed by atoms with Gasteiger partial charge in [0.15, 0.2) is 5.96 Å². The van der Waals surface area contributed by atoms with Crippen LogP contribution in [0.15, 0.2) is 59.6 Å². The summed E-state index contributed by atoms with van der Waals surface area (Å²) in [4.78, 5) is 4.50. The molecule has 0 heterocycles. The molecular formula is C21H29N3O2. The van der Waals surface area contributed by atoms with Crippen molar-refractivity contribution in [1.82, 2.24) is 0 Å². The third-order valence-electron chi connectivity index (χ3n) is 4.81. The number of nitrogens with zero attached hydrogens (tertiary/aromatic N) is 1. The molecule has 26 heavy (non-hydrogen) atoms. The van der Waals surface area contributed by atoms with Gasteiger partial charge in [0.2, 0.25) is 0 Å². The molecule has 0 fully saturated rings. The molecule has 140 valence electrons. The summed E-state index contributed by atoms with van der Waals surface area (Å²) in [5, 5.41) is 12.4. The molecule has 2 aromatic rings. The van der Waals surface area contributed by atoms with E-state index in [-0.39, 0.29) is 12.0 Å². The monoisotopic (exact) mass is 355 g/mol. The lowest BCUT2D eigenvalue weighted by atomic mass is 9.79. The molecule has 0 saturated heterocycles. The third-order valence-corrected chi connectivity index (χ3v) is 4.81. The van der Waals surface area contributed by atoms with Crippen LogP contribution < -0.4 is 15.8 Å². The Bertz CT molecular complexity index is 697. The number of aliphatic imine (C=N–C) groups is 1. The summed E-state index contributed by atoms with van der Waals surface area (Å²) in [7, 11) is 0. The lowest BCUT2D eigenvalue weighted by Crippen LogP contribution is -2.29. The second kappa shape index (κ2) is 9.82. The lowest BCUT2D eigenvalue weighted by Gasteiger charge is -2.29. The van der Waals surface area contributed by atoms with E-state index < -0.39 is 0 Å². The van der Waals surface area contributed by atoms with E-state index in [9.17, 15) is 5.11 Å². The maximum absolute atomic E-state index is 9.31. The quantitative estimate of drug-likeness (QED) is 0.460. The van der Waals surface area contributed by atoms with Crippen molar-refractivity contribution < 1.29 is 9.84 Å². The van der Waals surface area contributed by atoms with E-state index in [1.54, 1.807) is 0 Å². The molecule has 0 spiro atoms. The SMILES string of the molecule is CCC(CC)(CCO)CN=C(N)Nc1cccc(Oc2ccccc2)c1. The number of benzene rings is 2. The van der Waals surface area contributed by atoms with Crippen molar-refractivity contribution in [3.05, 3.63) is 54.6 Å². The fraction of sp³-hybridized carbons (Fsp3) is 0.381. The Labute approximate surface area is 155 Å². The normalized spacial score (nSPS) is 12.0. The Kier molecular flexibility index (Phi) is 7.48. The van der Waals surface area contributed by atoms with Crippen molar-refractivity contribution >= 4 is 11.6 Å². The number of nitrogens with two attached hydrogens (primary N) is 1. The van der Waals surface area contributed by atoms with Crippen LogP contribution >= 0.6 is 0 Å². The van der Waals surface area contributed by atoms with Gasteiger partial charge in [-0.3, -0.25) is 4.99 Å². The minimum Gasteiger partial charge on any atom is -0.457 e. The molecule has 5 heteroatoms. The Balaban J connectivity index is 2.02. The van der Waals surface area contributed by atoms with Crippen LogP contribution in [-0.2, 0) is 0 Å². The summed E-state index contributed by atoms with van der Waals surface area (Å²) in [6, 6.07) is 17.2.